The van der Waals surface area contributed by atoms with E-state index < -0.39 is 0 Å². The van der Waals surface area contributed by atoms with Gasteiger partial charge in [-0.25, -0.2) is 0 Å². The van der Waals surface area contributed by atoms with Gasteiger partial charge < -0.3 is 0 Å². The maximum absolute atomic E-state index is 3.68. The van der Waals surface area contributed by atoms with Gasteiger partial charge in [-0.05, 0) is 60.3 Å². The van der Waals surface area contributed by atoms with E-state index in [1.54, 1.807) is 0 Å². The average molecular weight is 353 g/mol. The summed E-state index contributed by atoms with van der Waals surface area (Å²) in [5.74, 6) is 0. The fourth-order valence-electron chi connectivity index (χ4n) is 4.37. The van der Waals surface area contributed by atoms with Gasteiger partial charge >= 0.3 is 0 Å². The third-order valence-corrected chi connectivity index (χ3v) is 5.73. The Morgan fingerprint density at radius 3 is 1.86 bits per heavy atom. The smallest absolute Gasteiger partial charge is 0.00139 e. The van der Waals surface area contributed by atoms with E-state index in [4.69, 9.17) is 0 Å². The van der Waals surface area contributed by atoms with Crippen LogP contribution in [0.15, 0.2) is 103 Å². The Hall–Kier alpha value is -3.64. The monoisotopic (exact) mass is 353 g/mol. The van der Waals surface area contributed by atoms with E-state index in [2.05, 4.69) is 109 Å². The quantitative estimate of drug-likeness (QED) is 0.265. The first-order valence-corrected chi connectivity index (χ1v) is 9.63. The van der Waals surface area contributed by atoms with Crippen molar-refractivity contribution in [1.82, 2.24) is 0 Å². The summed E-state index contributed by atoms with van der Waals surface area (Å²) in [6.45, 7) is 0. The summed E-state index contributed by atoms with van der Waals surface area (Å²) in [5, 5.41) is 10.1. The van der Waals surface area contributed by atoms with Gasteiger partial charge in [0.25, 0.3) is 0 Å². The molecule has 28 heavy (non-hydrogen) atoms. The Bertz CT molecular complexity index is 1510. The maximum atomic E-state index is 3.68. The van der Waals surface area contributed by atoms with Crippen LogP contribution in [0, 0.1) is 6.07 Å². The molecule has 0 bridgehead atoms. The van der Waals surface area contributed by atoms with Crippen LogP contribution < -0.4 is 0 Å². The van der Waals surface area contributed by atoms with E-state index >= 15 is 0 Å². The summed E-state index contributed by atoms with van der Waals surface area (Å²) in [4.78, 5) is 0. The van der Waals surface area contributed by atoms with Crippen molar-refractivity contribution in [2.24, 2.45) is 0 Å². The van der Waals surface area contributed by atoms with Crippen LogP contribution in [0.3, 0.4) is 0 Å². The lowest BCUT2D eigenvalue weighted by molar-refractivity contribution is 1.69. The van der Waals surface area contributed by atoms with Gasteiger partial charge in [0, 0.05) is 0 Å². The van der Waals surface area contributed by atoms with Crippen LogP contribution in [0.2, 0.25) is 0 Å². The van der Waals surface area contributed by atoms with Crippen LogP contribution in [0.5, 0.6) is 0 Å². The number of rotatable bonds is 1. The Morgan fingerprint density at radius 2 is 1.04 bits per heavy atom. The second-order valence-corrected chi connectivity index (χ2v) is 7.31. The molecule has 6 aromatic carbocycles. The normalized spacial score (nSPS) is 11.6. The van der Waals surface area contributed by atoms with Crippen molar-refractivity contribution in [3.63, 3.8) is 0 Å². The van der Waals surface area contributed by atoms with Crippen LogP contribution >= 0.6 is 0 Å². The molecule has 0 saturated heterocycles. The largest absolute Gasteiger partial charge is 0.0616 e. The maximum Gasteiger partial charge on any atom is -0.00139 e. The Morgan fingerprint density at radius 1 is 0.393 bits per heavy atom. The number of fused-ring (bicyclic) bond motifs is 6. The van der Waals surface area contributed by atoms with E-state index in [0.29, 0.717) is 0 Å². The van der Waals surface area contributed by atoms with Gasteiger partial charge in [0.1, 0.15) is 0 Å². The van der Waals surface area contributed by atoms with Crippen molar-refractivity contribution in [3.8, 4) is 11.1 Å². The summed E-state index contributed by atoms with van der Waals surface area (Å²) in [6.07, 6.45) is 0. The van der Waals surface area contributed by atoms with Crippen molar-refractivity contribution >= 4 is 43.1 Å². The van der Waals surface area contributed by atoms with Gasteiger partial charge in [-0.3, -0.25) is 0 Å². The first-order valence-electron chi connectivity index (χ1n) is 9.63. The molecule has 0 aliphatic rings. The predicted octanol–water partition coefficient (Wildman–Crippen LogP) is 7.77. The van der Waals surface area contributed by atoms with Gasteiger partial charge in [-0.15, -0.1) is 0 Å². The molecule has 0 N–H and O–H groups in total. The van der Waals surface area contributed by atoms with Crippen molar-refractivity contribution in [2.45, 2.75) is 0 Å². The standard InChI is InChI=1S/C28H17/c1-3-8-23-19(6-1)12-13-21-18-22(15-16-26(21)23)25-10-5-11-27-24-9-4-2-7-20(24)14-17-28(25)27/h1-17H. The van der Waals surface area contributed by atoms with Crippen molar-refractivity contribution in [3.05, 3.63) is 109 Å². The van der Waals surface area contributed by atoms with Gasteiger partial charge in [-0.1, -0.05) is 103 Å². The summed E-state index contributed by atoms with van der Waals surface area (Å²) >= 11 is 0. The summed E-state index contributed by atoms with van der Waals surface area (Å²) in [5.41, 5.74) is 2.38. The first-order chi connectivity index (χ1) is 13.9. The van der Waals surface area contributed by atoms with Gasteiger partial charge in [0.2, 0.25) is 0 Å². The van der Waals surface area contributed by atoms with Crippen LogP contribution in [0.4, 0.5) is 0 Å². The highest BCUT2D eigenvalue weighted by Gasteiger charge is 2.08. The van der Waals surface area contributed by atoms with Crippen molar-refractivity contribution in [1.29, 1.82) is 0 Å². The Kier molecular flexibility index (Phi) is 3.27. The highest BCUT2D eigenvalue weighted by atomic mass is 14.1. The fraction of sp³-hybridized carbons (Fsp3) is 0. The molecule has 0 aliphatic heterocycles. The fourth-order valence-corrected chi connectivity index (χ4v) is 4.37. The molecule has 0 nitrogen and oxygen atoms in total. The third kappa shape index (κ3) is 2.25. The topological polar surface area (TPSA) is 0 Å². The molecule has 6 aromatic rings. The van der Waals surface area contributed by atoms with Crippen molar-refractivity contribution < 1.29 is 0 Å². The highest BCUT2D eigenvalue weighted by molar-refractivity contribution is 6.13. The zero-order valence-electron chi connectivity index (χ0n) is 15.3. The van der Waals surface area contributed by atoms with Gasteiger partial charge in [-0.2, -0.15) is 0 Å². The lowest BCUT2D eigenvalue weighted by Gasteiger charge is -2.11. The Balaban J connectivity index is 1.63. The molecule has 0 atom stereocenters. The Labute approximate surface area is 163 Å². The lowest BCUT2D eigenvalue weighted by atomic mass is 9.93. The molecule has 0 unspecified atom stereocenters. The molecular formula is C28H17. The second-order valence-electron chi connectivity index (χ2n) is 7.31. The van der Waals surface area contributed by atoms with Gasteiger partial charge in [0.15, 0.2) is 0 Å². The minimum Gasteiger partial charge on any atom is -0.0616 e. The number of hydrogen-bond acceptors (Lipinski definition) is 0. The molecule has 0 amide bonds. The highest BCUT2D eigenvalue weighted by Crippen LogP contribution is 2.35. The molecule has 0 aliphatic carbocycles. The molecule has 0 saturated carbocycles. The van der Waals surface area contributed by atoms with Crippen LogP contribution in [-0.4, -0.2) is 0 Å². The van der Waals surface area contributed by atoms with E-state index in [9.17, 15) is 0 Å². The minimum atomic E-state index is 1.14. The minimum absolute atomic E-state index is 1.14. The van der Waals surface area contributed by atoms with Crippen LogP contribution in [0.25, 0.3) is 54.2 Å². The molecule has 0 heteroatoms. The summed E-state index contributed by atoms with van der Waals surface area (Å²) in [6, 6.07) is 40.7. The second kappa shape index (κ2) is 5.94. The SMILES string of the molecule is [c]1c(-c2cccc3c2ccc2ccccc23)ccc2c1ccc1ccccc12. The average Bonchev–Trinajstić information content (AvgIpc) is 2.78. The van der Waals surface area contributed by atoms with Crippen LogP contribution in [0.1, 0.15) is 0 Å². The number of hydrogen-bond donors (Lipinski definition) is 0. The van der Waals surface area contributed by atoms with Gasteiger partial charge in [0.05, 0.1) is 0 Å². The van der Waals surface area contributed by atoms with E-state index in [0.717, 1.165) is 10.9 Å². The molecule has 1 radical (unpaired) electrons. The summed E-state index contributed by atoms with van der Waals surface area (Å²) < 4.78 is 0. The number of benzene rings is 6. The van der Waals surface area contributed by atoms with E-state index in [1.165, 1.54) is 43.3 Å². The summed E-state index contributed by atoms with van der Waals surface area (Å²) in [7, 11) is 0. The molecule has 0 heterocycles. The van der Waals surface area contributed by atoms with Crippen molar-refractivity contribution in [2.75, 3.05) is 0 Å². The van der Waals surface area contributed by atoms with E-state index in [1.807, 2.05) is 0 Å². The third-order valence-electron chi connectivity index (χ3n) is 5.73. The molecule has 0 spiro atoms. The first kappa shape index (κ1) is 15.4. The molecule has 6 rings (SSSR count). The zero-order valence-corrected chi connectivity index (χ0v) is 15.3. The van der Waals surface area contributed by atoms with E-state index in [-0.39, 0.29) is 0 Å². The molecule has 0 fully saturated rings. The zero-order chi connectivity index (χ0) is 18.5. The molecular weight excluding hydrogens is 336 g/mol. The lowest BCUT2D eigenvalue weighted by Crippen LogP contribution is -1.85. The molecule has 0 aromatic heterocycles. The molecule has 129 valence electrons. The predicted molar refractivity (Wildman–Crippen MR) is 121 cm³/mol. The van der Waals surface area contributed by atoms with Crippen LogP contribution in [-0.2, 0) is 0 Å².